The van der Waals surface area contributed by atoms with Gasteiger partial charge in [0, 0.05) is 19.6 Å². The molecule has 2 rings (SSSR count). The molecule has 1 aliphatic rings. The van der Waals surface area contributed by atoms with Gasteiger partial charge in [-0.25, -0.2) is 4.68 Å². The first-order valence-corrected chi connectivity index (χ1v) is 7.52. The molecule has 0 aliphatic carbocycles. The van der Waals surface area contributed by atoms with Gasteiger partial charge in [-0.3, -0.25) is 4.90 Å². The molecule has 2 N–H and O–H groups in total. The van der Waals surface area contributed by atoms with Crippen molar-refractivity contribution < 1.29 is 4.74 Å². The van der Waals surface area contributed by atoms with Crippen LogP contribution in [0.15, 0.2) is 0 Å². The predicted octanol–water partition coefficient (Wildman–Crippen LogP) is 1.86. The highest BCUT2D eigenvalue weighted by molar-refractivity contribution is 5.35. The lowest BCUT2D eigenvalue weighted by molar-refractivity contribution is 0.111. The third kappa shape index (κ3) is 2.83. The number of nitrogens with zero attached hydrogens (tertiary/aromatic N) is 3. The van der Waals surface area contributed by atoms with Gasteiger partial charge in [-0.2, -0.15) is 5.10 Å². The first-order chi connectivity index (χ1) is 9.45. The van der Waals surface area contributed by atoms with Crippen molar-refractivity contribution in [1.29, 1.82) is 0 Å². The molecule has 2 unspecified atom stereocenters. The zero-order valence-electron chi connectivity index (χ0n) is 13.4. The van der Waals surface area contributed by atoms with Gasteiger partial charge in [0.1, 0.15) is 0 Å². The van der Waals surface area contributed by atoms with Gasteiger partial charge >= 0.3 is 0 Å². The number of piperidine rings is 1. The van der Waals surface area contributed by atoms with E-state index in [0.29, 0.717) is 5.92 Å². The predicted molar refractivity (Wildman–Crippen MR) is 80.9 cm³/mol. The second kappa shape index (κ2) is 6.14. The fraction of sp³-hybridized carbons (Fsp3) is 0.800. The Bertz CT molecular complexity index is 455. The Morgan fingerprint density at radius 1 is 1.45 bits per heavy atom. The van der Waals surface area contributed by atoms with Crippen molar-refractivity contribution >= 4 is 0 Å². The molecule has 5 nitrogen and oxygen atoms in total. The van der Waals surface area contributed by atoms with E-state index in [1.807, 2.05) is 18.7 Å². The Balaban J connectivity index is 2.39. The number of hydrogen-bond donors (Lipinski definition) is 1. The Labute approximate surface area is 122 Å². The lowest BCUT2D eigenvalue weighted by Crippen LogP contribution is -2.47. The first-order valence-electron chi connectivity index (χ1n) is 7.52. The maximum atomic E-state index is 6.44. The molecule has 1 fully saturated rings. The number of aryl methyl sites for hydroxylation is 2. The Morgan fingerprint density at radius 3 is 2.75 bits per heavy atom. The molecule has 1 aliphatic heterocycles. The maximum Gasteiger partial charge on any atom is 0.216 e. The second-order valence-corrected chi connectivity index (χ2v) is 6.27. The van der Waals surface area contributed by atoms with Gasteiger partial charge in [-0.15, -0.1) is 0 Å². The monoisotopic (exact) mass is 280 g/mol. The van der Waals surface area contributed by atoms with Crippen molar-refractivity contribution in [3.8, 4) is 5.88 Å². The number of nitrogens with two attached hydrogens (primary N) is 1. The van der Waals surface area contributed by atoms with Crippen molar-refractivity contribution in [2.24, 2.45) is 18.7 Å². The molecule has 0 bridgehead atoms. The summed E-state index contributed by atoms with van der Waals surface area (Å²) in [5.74, 6) is 1.48. The van der Waals surface area contributed by atoms with Crippen LogP contribution in [-0.2, 0) is 7.05 Å². The summed E-state index contributed by atoms with van der Waals surface area (Å²) in [7, 11) is 3.64. The van der Waals surface area contributed by atoms with Gasteiger partial charge < -0.3 is 10.5 Å². The minimum absolute atomic E-state index is 0.152. The van der Waals surface area contributed by atoms with Crippen LogP contribution in [0.2, 0.25) is 0 Å². The van der Waals surface area contributed by atoms with Crippen LogP contribution >= 0.6 is 0 Å². The summed E-state index contributed by atoms with van der Waals surface area (Å²) in [6, 6.07) is 0.370. The van der Waals surface area contributed by atoms with Crippen LogP contribution < -0.4 is 10.5 Å². The number of likely N-dealkylation sites (tertiary alicyclic amines) is 1. The largest absolute Gasteiger partial charge is 0.481 e. The van der Waals surface area contributed by atoms with E-state index in [0.717, 1.165) is 31.1 Å². The van der Waals surface area contributed by atoms with Crippen LogP contribution in [0, 0.1) is 12.8 Å². The van der Waals surface area contributed by atoms with Crippen molar-refractivity contribution in [3.05, 3.63) is 11.3 Å². The lowest BCUT2D eigenvalue weighted by atomic mass is 9.90. The minimum Gasteiger partial charge on any atom is -0.481 e. The molecule has 2 atom stereocenters. The summed E-state index contributed by atoms with van der Waals surface area (Å²) in [6.07, 6.45) is 2.24. The highest BCUT2D eigenvalue weighted by Crippen LogP contribution is 2.37. The Kier molecular flexibility index (Phi) is 4.70. The van der Waals surface area contributed by atoms with Gasteiger partial charge in [-0.05, 0) is 32.2 Å². The standard InChI is InChI=1S/C15H28N4O/c1-10(2)9-19-8-6-7-12(16)14(19)13-11(3)17-18(4)15(13)20-5/h10,12,14H,6-9,16H2,1-5H3. The van der Waals surface area contributed by atoms with E-state index in [9.17, 15) is 0 Å². The fourth-order valence-electron chi connectivity index (χ4n) is 3.40. The molecule has 1 aromatic rings. The van der Waals surface area contributed by atoms with Gasteiger partial charge in [0.2, 0.25) is 5.88 Å². The Morgan fingerprint density at radius 2 is 2.15 bits per heavy atom. The molecule has 0 aromatic carbocycles. The molecule has 5 heteroatoms. The van der Waals surface area contributed by atoms with E-state index in [1.54, 1.807) is 7.11 Å². The molecular formula is C15H28N4O. The molecule has 114 valence electrons. The number of aromatic nitrogens is 2. The molecule has 0 amide bonds. The fourth-order valence-corrected chi connectivity index (χ4v) is 3.40. The third-order valence-electron chi connectivity index (χ3n) is 4.08. The van der Waals surface area contributed by atoms with Crippen molar-refractivity contribution in [3.63, 3.8) is 0 Å². The van der Waals surface area contributed by atoms with E-state index >= 15 is 0 Å². The quantitative estimate of drug-likeness (QED) is 0.914. The summed E-state index contributed by atoms with van der Waals surface area (Å²) in [6.45, 7) is 8.73. The van der Waals surface area contributed by atoms with Crippen LogP contribution in [0.25, 0.3) is 0 Å². The van der Waals surface area contributed by atoms with Gasteiger partial charge in [0.05, 0.1) is 24.4 Å². The smallest absolute Gasteiger partial charge is 0.216 e. The van der Waals surface area contributed by atoms with E-state index in [2.05, 4.69) is 23.8 Å². The second-order valence-electron chi connectivity index (χ2n) is 6.27. The van der Waals surface area contributed by atoms with Gasteiger partial charge in [0.25, 0.3) is 0 Å². The molecule has 2 heterocycles. The lowest BCUT2D eigenvalue weighted by Gasteiger charge is -2.40. The first kappa shape index (κ1) is 15.3. The molecule has 0 saturated carbocycles. The normalized spacial score (nSPS) is 24.4. The van der Waals surface area contributed by atoms with Gasteiger partial charge in [0.15, 0.2) is 0 Å². The minimum atomic E-state index is 0.152. The number of methoxy groups -OCH3 is 1. The van der Waals surface area contributed by atoms with Crippen LogP contribution in [0.4, 0.5) is 0 Å². The van der Waals surface area contributed by atoms with Crippen LogP contribution in [0.3, 0.4) is 0 Å². The number of hydrogen-bond acceptors (Lipinski definition) is 4. The van der Waals surface area contributed by atoms with E-state index in [1.165, 1.54) is 12.0 Å². The highest BCUT2D eigenvalue weighted by atomic mass is 16.5. The van der Waals surface area contributed by atoms with E-state index in [4.69, 9.17) is 10.5 Å². The van der Waals surface area contributed by atoms with E-state index in [-0.39, 0.29) is 12.1 Å². The summed E-state index contributed by atoms with van der Waals surface area (Å²) in [5.41, 5.74) is 8.64. The summed E-state index contributed by atoms with van der Waals surface area (Å²) >= 11 is 0. The van der Waals surface area contributed by atoms with Gasteiger partial charge in [-0.1, -0.05) is 13.8 Å². The number of ether oxygens (including phenoxy) is 1. The van der Waals surface area contributed by atoms with Crippen molar-refractivity contribution in [2.45, 2.75) is 45.7 Å². The summed E-state index contributed by atoms with van der Waals surface area (Å²) < 4.78 is 7.39. The zero-order valence-corrected chi connectivity index (χ0v) is 13.4. The Hall–Kier alpha value is -1.07. The maximum absolute atomic E-state index is 6.44. The molecule has 0 spiro atoms. The topological polar surface area (TPSA) is 56.3 Å². The average molecular weight is 280 g/mol. The molecule has 0 radical (unpaired) electrons. The van der Waals surface area contributed by atoms with E-state index < -0.39 is 0 Å². The zero-order chi connectivity index (χ0) is 14.9. The molecule has 20 heavy (non-hydrogen) atoms. The summed E-state index contributed by atoms with van der Waals surface area (Å²) in [4.78, 5) is 2.51. The third-order valence-corrected chi connectivity index (χ3v) is 4.08. The van der Waals surface area contributed by atoms with Crippen LogP contribution in [0.1, 0.15) is 44.0 Å². The average Bonchev–Trinajstić information content (AvgIpc) is 2.63. The van der Waals surface area contributed by atoms with Crippen molar-refractivity contribution in [2.75, 3.05) is 20.2 Å². The molecular weight excluding hydrogens is 252 g/mol. The number of rotatable bonds is 4. The van der Waals surface area contributed by atoms with Crippen LogP contribution in [-0.4, -0.2) is 40.9 Å². The molecule has 1 saturated heterocycles. The van der Waals surface area contributed by atoms with Crippen molar-refractivity contribution in [1.82, 2.24) is 14.7 Å². The molecule has 1 aromatic heterocycles. The van der Waals surface area contributed by atoms with Crippen LogP contribution in [0.5, 0.6) is 5.88 Å². The summed E-state index contributed by atoms with van der Waals surface area (Å²) in [5, 5.41) is 4.51. The SMILES string of the molecule is COc1c(C2C(N)CCCN2CC(C)C)c(C)nn1C. The highest BCUT2D eigenvalue weighted by Gasteiger charge is 2.35.